The molecule has 9 heteroatoms. The number of rotatable bonds is 5. The van der Waals surface area contributed by atoms with Crippen LogP contribution in [0.15, 0.2) is 48.5 Å². The van der Waals surface area contributed by atoms with Crippen LogP contribution in [-0.4, -0.2) is 33.2 Å². The van der Waals surface area contributed by atoms with Crippen molar-refractivity contribution in [1.82, 2.24) is 5.32 Å². The Kier molecular flexibility index (Phi) is 5.14. The number of anilines is 1. The summed E-state index contributed by atoms with van der Waals surface area (Å²) >= 11 is 0. The van der Waals surface area contributed by atoms with Crippen LogP contribution in [0.3, 0.4) is 0 Å². The number of nitrogens with zero attached hydrogens (tertiary/aromatic N) is 1. The lowest BCUT2D eigenvalue weighted by molar-refractivity contribution is -0.137. The van der Waals surface area contributed by atoms with Gasteiger partial charge in [0.05, 0.1) is 22.6 Å². The first kappa shape index (κ1) is 19.2. The molecule has 0 atom stereocenters. The number of halogens is 3. The molecule has 2 aromatic carbocycles. The van der Waals surface area contributed by atoms with Gasteiger partial charge < -0.3 is 5.32 Å². The molecule has 0 saturated heterocycles. The number of amides is 1. The molecule has 0 saturated carbocycles. The Hall–Kier alpha value is -2.55. The lowest BCUT2D eigenvalue weighted by Crippen LogP contribution is -2.37. The number of benzene rings is 2. The van der Waals surface area contributed by atoms with Crippen LogP contribution in [0, 0.1) is 0 Å². The summed E-state index contributed by atoms with van der Waals surface area (Å²) in [5.74, 6) is -1.36. The van der Waals surface area contributed by atoms with Gasteiger partial charge in [0.15, 0.2) is 0 Å². The van der Waals surface area contributed by atoms with Gasteiger partial charge in [0.2, 0.25) is 10.0 Å². The lowest BCUT2D eigenvalue weighted by Gasteiger charge is -2.19. The van der Waals surface area contributed by atoms with E-state index in [-0.39, 0.29) is 6.54 Å². The number of carbonyl (C=O) groups excluding carboxylic acids is 1. The highest BCUT2D eigenvalue weighted by atomic mass is 32.2. The standard InChI is InChI=1S/C18H17F3N2O3S/c19-18(20,21)15-7-3-2-6-14(15)17(24)22-10-12-27(25,26)23-11-9-13-5-1-4-8-16(13)23/h1-8H,9-12H2,(H,22,24). The van der Waals surface area contributed by atoms with E-state index in [1.165, 1.54) is 16.4 Å². The van der Waals surface area contributed by atoms with Crippen molar-refractivity contribution in [3.05, 3.63) is 65.2 Å². The molecule has 1 amide bonds. The molecule has 144 valence electrons. The maximum Gasteiger partial charge on any atom is 0.417 e. The van der Waals surface area contributed by atoms with Crippen LogP contribution in [0.5, 0.6) is 0 Å². The van der Waals surface area contributed by atoms with Crippen molar-refractivity contribution in [2.75, 3.05) is 23.1 Å². The van der Waals surface area contributed by atoms with E-state index in [0.717, 1.165) is 17.7 Å². The van der Waals surface area contributed by atoms with E-state index in [1.807, 2.05) is 12.1 Å². The zero-order chi connectivity index (χ0) is 19.7. The third-order valence-electron chi connectivity index (χ3n) is 4.30. The summed E-state index contributed by atoms with van der Waals surface area (Å²) in [6.45, 7) is 0.0263. The van der Waals surface area contributed by atoms with Crippen molar-refractivity contribution in [2.45, 2.75) is 12.6 Å². The Morgan fingerprint density at radius 2 is 1.74 bits per heavy atom. The van der Waals surface area contributed by atoms with Crippen LogP contribution in [0.4, 0.5) is 18.9 Å². The topological polar surface area (TPSA) is 66.5 Å². The molecule has 0 aliphatic carbocycles. The zero-order valence-corrected chi connectivity index (χ0v) is 15.0. The number of alkyl halides is 3. The number of nitrogens with one attached hydrogen (secondary N) is 1. The van der Waals surface area contributed by atoms with Gasteiger partial charge in [-0.1, -0.05) is 30.3 Å². The van der Waals surface area contributed by atoms with Gasteiger partial charge in [-0.05, 0) is 30.2 Å². The van der Waals surface area contributed by atoms with Gasteiger partial charge in [-0.2, -0.15) is 13.2 Å². The zero-order valence-electron chi connectivity index (χ0n) is 14.2. The molecule has 27 heavy (non-hydrogen) atoms. The third-order valence-corrected chi connectivity index (χ3v) is 6.07. The normalized spacial score (nSPS) is 14.1. The van der Waals surface area contributed by atoms with Gasteiger partial charge in [0, 0.05) is 13.1 Å². The number of hydrogen-bond acceptors (Lipinski definition) is 3. The predicted molar refractivity (Wildman–Crippen MR) is 95.1 cm³/mol. The molecule has 1 heterocycles. The van der Waals surface area contributed by atoms with Gasteiger partial charge in [0.1, 0.15) is 0 Å². The molecule has 1 aliphatic rings. The Labute approximate surface area is 154 Å². The van der Waals surface area contributed by atoms with Crippen LogP contribution in [0.1, 0.15) is 21.5 Å². The molecular weight excluding hydrogens is 381 g/mol. The van der Waals surface area contributed by atoms with E-state index in [1.54, 1.807) is 12.1 Å². The number of hydrogen-bond donors (Lipinski definition) is 1. The summed E-state index contributed by atoms with van der Waals surface area (Å²) in [6, 6.07) is 11.5. The fourth-order valence-corrected chi connectivity index (χ4v) is 4.45. The average Bonchev–Trinajstić information content (AvgIpc) is 3.06. The molecule has 0 fully saturated rings. The highest BCUT2D eigenvalue weighted by molar-refractivity contribution is 7.92. The van der Waals surface area contributed by atoms with Gasteiger partial charge in [0.25, 0.3) is 5.91 Å². The van der Waals surface area contributed by atoms with E-state index < -0.39 is 39.0 Å². The lowest BCUT2D eigenvalue weighted by atomic mass is 10.1. The second-order valence-corrected chi connectivity index (χ2v) is 8.08. The molecule has 0 bridgehead atoms. The second-order valence-electron chi connectivity index (χ2n) is 6.07. The van der Waals surface area contributed by atoms with Gasteiger partial charge in [-0.3, -0.25) is 9.10 Å². The first-order valence-corrected chi connectivity index (χ1v) is 9.84. The van der Waals surface area contributed by atoms with Crippen LogP contribution >= 0.6 is 0 Å². The van der Waals surface area contributed by atoms with Crippen molar-refractivity contribution < 1.29 is 26.4 Å². The second kappa shape index (κ2) is 7.22. The van der Waals surface area contributed by atoms with Gasteiger partial charge in [-0.25, -0.2) is 8.42 Å². The number of para-hydroxylation sites is 1. The quantitative estimate of drug-likeness (QED) is 0.842. The Balaban J connectivity index is 1.66. The minimum absolute atomic E-state index is 0.286. The number of sulfonamides is 1. The summed E-state index contributed by atoms with van der Waals surface area (Å²) in [5.41, 5.74) is -0.0665. The van der Waals surface area contributed by atoms with E-state index in [0.29, 0.717) is 18.7 Å². The Morgan fingerprint density at radius 1 is 1.07 bits per heavy atom. The van der Waals surface area contributed by atoms with E-state index in [4.69, 9.17) is 0 Å². The van der Waals surface area contributed by atoms with Gasteiger partial charge >= 0.3 is 6.18 Å². The smallest absolute Gasteiger partial charge is 0.351 e. The minimum atomic E-state index is -4.67. The highest BCUT2D eigenvalue weighted by Gasteiger charge is 2.35. The average molecular weight is 398 g/mol. The van der Waals surface area contributed by atoms with Crippen LogP contribution in [0.25, 0.3) is 0 Å². The van der Waals surface area contributed by atoms with Crippen LogP contribution in [0.2, 0.25) is 0 Å². The van der Waals surface area contributed by atoms with Crippen molar-refractivity contribution in [2.24, 2.45) is 0 Å². The number of fused-ring (bicyclic) bond motifs is 1. The molecule has 0 aromatic heterocycles. The minimum Gasteiger partial charge on any atom is -0.351 e. The van der Waals surface area contributed by atoms with Gasteiger partial charge in [-0.15, -0.1) is 0 Å². The summed E-state index contributed by atoms with van der Waals surface area (Å²) in [5, 5.41) is 2.27. The number of carbonyl (C=O) groups is 1. The van der Waals surface area contributed by atoms with E-state index >= 15 is 0 Å². The summed E-state index contributed by atoms with van der Waals surface area (Å²) in [6.07, 6.45) is -4.07. The summed E-state index contributed by atoms with van der Waals surface area (Å²) in [4.78, 5) is 12.1. The molecule has 1 aliphatic heterocycles. The van der Waals surface area contributed by atoms with Crippen molar-refractivity contribution >= 4 is 21.6 Å². The molecular formula is C18H17F3N2O3S. The molecule has 1 N–H and O–H groups in total. The van der Waals surface area contributed by atoms with Crippen molar-refractivity contribution in [1.29, 1.82) is 0 Å². The monoisotopic (exact) mass is 398 g/mol. The fraction of sp³-hybridized carbons (Fsp3) is 0.278. The third kappa shape index (κ3) is 4.08. The maximum absolute atomic E-state index is 13.0. The SMILES string of the molecule is O=C(NCCS(=O)(=O)N1CCc2ccccc21)c1ccccc1C(F)(F)F. The predicted octanol–water partition coefficient (Wildman–Crippen LogP) is 2.83. The molecule has 0 spiro atoms. The summed E-state index contributed by atoms with van der Waals surface area (Å²) < 4.78 is 65.3. The first-order valence-electron chi connectivity index (χ1n) is 8.23. The van der Waals surface area contributed by atoms with E-state index in [2.05, 4.69) is 5.32 Å². The molecule has 0 radical (unpaired) electrons. The molecule has 0 unspecified atom stereocenters. The molecule has 2 aromatic rings. The van der Waals surface area contributed by atoms with Crippen LogP contribution in [-0.2, 0) is 22.6 Å². The largest absolute Gasteiger partial charge is 0.417 e. The first-order chi connectivity index (χ1) is 12.7. The summed E-state index contributed by atoms with van der Waals surface area (Å²) in [7, 11) is -3.69. The van der Waals surface area contributed by atoms with Crippen molar-refractivity contribution in [3.8, 4) is 0 Å². The highest BCUT2D eigenvalue weighted by Crippen LogP contribution is 2.32. The van der Waals surface area contributed by atoms with Crippen molar-refractivity contribution in [3.63, 3.8) is 0 Å². The Morgan fingerprint density at radius 3 is 2.48 bits per heavy atom. The maximum atomic E-state index is 13.0. The molecule has 3 rings (SSSR count). The van der Waals surface area contributed by atoms with E-state index in [9.17, 15) is 26.4 Å². The van der Waals surface area contributed by atoms with Crippen LogP contribution < -0.4 is 9.62 Å². The fourth-order valence-electron chi connectivity index (χ4n) is 3.02. The molecule has 5 nitrogen and oxygen atoms in total. The Bertz CT molecular complexity index is 958.